The van der Waals surface area contributed by atoms with E-state index in [1.807, 2.05) is 0 Å². The fraction of sp³-hybridized carbons (Fsp3) is 0.371. The molecule has 1 atom stereocenters. The molecule has 0 saturated heterocycles. The van der Waals surface area contributed by atoms with Crippen molar-refractivity contribution in [2.45, 2.75) is 84.9 Å². The number of aryl methyl sites for hydroxylation is 6. The molecule has 0 fully saturated rings. The van der Waals surface area contributed by atoms with Crippen molar-refractivity contribution in [3.8, 4) is 0 Å². The van der Waals surface area contributed by atoms with Crippen molar-refractivity contribution in [2.75, 3.05) is 0 Å². The number of rotatable bonds is 7. The second-order valence-electron chi connectivity index (χ2n) is 11.5. The number of hydrogen-bond donors (Lipinski definition) is 0. The molecular formula is C35H43Cl3SiTi. The molecule has 0 saturated carbocycles. The van der Waals surface area contributed by atoms with Gasteiger partial charge in [-0.1, -0.05) is 0 Å². The third-order valence-corrected chi connectivity index (χ3v) is 13.8. The van der Waals surface area contributed by atoms with Crippen molar-refractivity contribution in [3.05, 3.63) is 110 Å². The van der Waals surface area contributed by atoms with Gasteiger partial charge in [0, 0.05) is 0 Å². The first-order chi connectivity index (χ1) is 17.5. The molecule has 0 bridgehead atoms. The fourth-order valence-corrected chi connectivity index (χ4v) is 12.1. The van der Waals surface area contributed by atoms with Crippen LogP contribution in [0.1, 0.15) is 73.6 Å². The molecule has 3 aromatic rings. The van der Waals surface area contributed by atoms with Crippen LogP contribution in [0.3, 0.4) is 0 Å². The predicted molar refractivity (Wildman–Crippen MR) is 162 cm³/mol. The third kappa shape index (κ3) is 7.47. The summed E-state index contributed by atoms with van der Waals surface area (Å²) in [6.07, 6.45) is 2.16. The maximum Gasteiger partial charge on any atom is -1.00 e. The van der Waals surface area contributed by atoms with Crippen molar-refractivity contribution in [1.82, 2.24) is 0 Å². The summed E-state index contributed by atoms with van der Waals surface area (Å²) < 4.78 is 0.0255. The van der Waals surface area contributed by atoms with Crippen LogP contribution in [0.15, 0.2) is 71.3 Å². The summed E-state index contributed by atoms with van der Waals surface area (Å²) in [5, 5.41) is 3.16. The van der Waals surface area contributed by atoms with Gasteiger partial charge >= 0.3 is 240 Å². The quantitative estimate of drug-likeness (QED) is 0.288. The molecule has 0 nitrogen and oxygen atoms in total. The van der Waals surface area contributed by atoms with Gasteiger partial charge in [0.25, 0.3) is 0 Å². The van der Waals surface area contributed by atoms with Gasteiger partial charge in [-0.15, -0.1) is 0 Å². The van der Waals surface area contributed by atoms with Gasteiger partial charge in [-0.3, -0.25) is 0 Å². The van der Waals surface area contributed by atoms with Crippen LogP contribution in [-0.4, -0.2) is 8.80 Å². The van der Waals surface area contributed by atoms with Crippen LogP contribution in [-0.2, 0) is 33.3 Å². The Kier molecular flexibility index (Phi) is 13.8. The minimum Gasteiger partial charge on any atom is -1.00 e. The third-order valence-electron chi connectivity index (χ3n) is 8.53. The Bertz CT molecular complexity index is 1310. The molecule has 0 amide bonds. The number of benzene rings is 3. The molecule has 40 heavy (non-hydrogen) atoms. The Morgan fingerprint density at radius 3 is 1.35 bits per heavy atom. The molecule has 0 radical (unpaired) electrons. The first kappa shape index (κ1) is 37.0. The van der Waals surface area contributed by atoms with E-state index in [2.05, 4.69) is 137 Å². The van der Waals surface area contributed by atoms with E-state index in [1.54, 1.807) is 21.5 Å². The van der Waals surface area contributed by atoms with E-state index in [-0.39, 0.29) is 40.9 Å². The molecule has 3 aromatic carbocycles. The van der Waals surface area contributed by atoms with Crippen molar-refractivity contribution in [2.24, 2.45) is 0 Å². The zero-order valence-corrected chi connectivity index (χ0v) is 30.5. The van der Waals surface area contributed by atoms with Crippen LogP contribution >= 0.6 is 0 Å². The maximum absolute atomic E-state index is 2.55. The summed E-state index contributed by atoms with van der Waals surface area (Å²) in [4.78, 5) is 0. The Morgan fingerprint density at radius 1 is 0.575 bits per heavy atom. The summed E-state index contributed by atoms with van der Waals surface area (Å²) in [7, 11) is -1.55. The first-order valence-electron chi connectivity index (χ1n) is 13.9. The molecule has 1 unspecified atom stereocenters. The average Bonchev–Trinajstić information content (AvgIpc) is 3.00. The molecule has 212 valence electrons. The maximum atomic E-state index is 2.55. The largest absolute Gasteiger partial charge is 1.00 e. The molecule has 5 heteroatoms. The van der Waals surface area contributed by atoms with Gasteiger partial charge in [0.15, 0.2) is 0 Å². The molecule has 1 aliphatic rings. The van der Waals surface area contributed by atoms with E-state index in [1.165, 1.54) is 56.1 Å². The molecule has 0 aliphatic heterocycles. The van der Waals surface area contributed by atoms with Gasteiger partial charge in [0.2, 0.25) is 0 Å². The Hall–Kier alpha value is -1.06. The topological polar surface area (TPSA) is 0 Å². The monoisotopic (exact) mass is 644 g/mol. The molecule has 0 spiro atoms. The van der Waals surface area contributed by atoms with Crippen LogP contribution in [0.2, 0.25) is 9.76 Å². The summed E-state index contributed by atoms with van der Waals surface area (Å²) in [6, 6.07) is 23.1. The second kappa shape index (κ2) is 14.9. The summed E-state index contributed by atoms with van der Waals surface area (Å²) in [5.41, 5.74) is 16.0. The zero-order chi connectivity index (χ0) is 27.1. The van der Waals surface area contributed by atoms with E-state index in [0.717, 1.165) is 12.8 Å². The van der Waals surface area contributed by atoms with Gasteiger partial charge in [-0.25, -0.2) is 0 Å². The standard InChI is InChI=1S/C35H43Si.3ClH.Ti/c1-10-29-18-30(11-2)20-31(19-29)35-28(9)26(7)27(8)34(35)21-36(32-14-22(3)12-23(4)15-32)33-16-24(5)13-25(6)17-33;;;;/h12-20,36H,10-11,21H2,1-9H3;3*1H;/q;;;;+3/p-3. The zero-order valence-electron chi connectivity index (χ0n) is 25.5. The van der Waals surface area contributed by atoms with E-state index in [9.17, 15) is 0 Å². The normalized spacial score (nSPS) is 16.6. The van der Waals surface area contributed by atoms with Crippen molar-refractivity contribution < 1.29 is 57.7 Å². The van der Waals surface area contributed by atoms with Crippen molar-refractivity contribution in [3.63, 3.8) is 0 Å². The van der Waals surface area contributed by atoms with Gasteiger partial charge < -0.3 is 37.2 Å². The van der Waals surface area contributed by atoms with E-state index >= 15 is 0 Å². The Morgan fingerprint density at radius 2 is 0.975 bits per heavy atom. The summed E-state index contributed by atoms with van der Waals surface area (Å²) in [6.45, 7) is 20.7. The molecule has 1 aliphatic carbocycles. The summed E-state index contributed by atoms with van der Waals surface area (Å²) in [5.74, 6) is 0. The minimum atomic E-state index is -1.55. The van der Waals surface area contributed by atoms with Gasteiger partial charge in [0.1, 0.15) is 0 Å². The minimum absolute atomic E-state index is 0. The molecular weight excluding hydrogens is 603 g/mol. The van der Waals surface area contributed by atoms with Crippen LogP contribution in [0.25, 0.3) is 5.57 Å². The van der Waals surface area contributed by atoms with Crippen LogP contribution in [0, 0.1) is 27.7 Å². The second-order valence-corrected chi connectivity index (χ2v) is 15.7. The SMILES string of the molecule is CCc1cc(CC)cc(C2=C(C)C(C)=C(C)[C]2([Ti+3])C[SiH](c2cc(C)cc(C)c2)c2cc(C)cc(C)c2)c1.[Cl-].[Cl-].[Cl-]. The summed E-state index contributed by atoms with van der Waals surface area (Å²) >= 11 is 2.55. The van der Waals surface area contributed by atoms with Gasteiger partial charge in [-0.2, -0.15) is 0 Å². The van der Waals surface area contributed by atoms with Crippen LogP contribution < -0.4 is 47.6 Å². The van der Waals surface area contributed by atoms with E-state index < -0.39 is 8.80 Å². The van der Waals surface area contributed by atoms with E-state index in [4.69, 9.17) is 0 Å². The molecule has 4 rings (SSSR count). The molecule has 0 N–H and O–H groups in total. The Labute approximate surface area is 275 Å². The fourth-order valence-electron chi connectivity index (χ4n) is 6.49. The van der Waals surface area contributed by atoms with Gasteiger partial charge in [-0.05, 0) is 0 Å². The molecule has 0 heterocycles. The van der Waals surface area contributed by atoms with Crippen LogP contribution in [0.4, 0.5) is 0 Å². The number of allylic oxidation sites excluding steroid dienone is 4. The van der Waals surface area contributed by atoms with Crippen molar-refractivity contribution in [1.29, 1.82) is 0 Å². The number of hydrogen-bond acceptors (Lipinski definition) is 0. The average molecular weight is 646 g/mol. The van der Waals surface area contributed by atoms with Gasteiger partial charge in [0.05, 0.1) is 0 Å². The predicted octanol–water partition coefficient (Wildman–Crippen LogP) is -1.07. The van der Waals surface area contributed by atoms with E-state index in [0.29, 0.717) is 0 Å². The smallest absolute Gasteiger partial charge is 1.00 e. The van der Waals surface area contributed by atoms with Crippen molar-refractivity contribution >= 4 is 24.7 Å². The Balaban J connectivity index is 0.00000267. The molecule has 0 aromatic heterocycles. The first-order valence-corrected chi connectivity index (χ1v) is 16.7. The number of halogens is 3. The van der Waals surface area contributed by atoms with Crippen LogP contribution in [0.5, 0.6) is 0 Å².